The molecule has 2 rings (SSSR count). The van der Waals surface area contributed by atoms with E-state index in [1.54, 1.807) is 0 Å². The molecule has 1 amide bonds. The second-order valence-corrected chi connectivity index (χ2v) is 5.24. The molecular weight excluding hydrogens is 302 g/mol. The standard InChI is InChI=1S/C16H21NO6/c18-15(19)14(11-22-13-6-8-21-9-7-13)17-16(20)23-10-12-4-2-1-3-5-12/h1-5,13-14H,6-11H2,(H,17,20)(H,18,19)/t14-/m0/s1. The van der Waals surface area contributed by atoms with Crippen LogP contribution in [0.15, 0.2) is 30.3 Å². The highest BCUT2D eigenvalue weighted by Crippen LogP contribution is 2.11. The van der Waals surface area contributed by atoms with Gasteiger partial charge in [0, 0.05) is 13.2 Å². The Balaban J connectivity index is 1.74. The molecule has 1 fully saturated rings. The van der Waals surface area contributed by atoms with Gasteiger partial charge in [-0.15, -0.1) is 0 Å². The van der Waals surface area contributed by atoms with Crippen molar-refractivity contribution in [2.45, 2.75) is 31.6 Å². The van der Waals surface area contributed by atoms with E-state index in [0.29, 0.717) is 13.2 Å². The zero-order chi connectivity index (χ0) is 16.5. The van der Waals surface area contributed by atoms with Crippen LogP contribution >= 0.6 is 0 Å². The summed E-state index contributed by atoms with van der Waals surface area (Å²) in [4.78, 5) is 22.9. The molecule has 2 N–H and O–H groups in total. The largest absolute Gasteiger partial charge is 0.480 e. The molecule has 1 aliphatic heterocycles. The average molecular weight is 323 g/mol. The van der Waals surface area contributed by atoms with Crippen molar-refractivity contribution in [3.8, 4) is 0 Å². The zero-order valence-corrected chi connectivity index (χ0v) is 12.8. The fourth-order valence-electron chi connectivity index (χ4n) is 2.16. The van der Waals surface area contributed by atoms with Crippen LogP contribution < -0.4 is 5.32 Å². The second kappa shape index (κ2) is 9.12. The first-order valence-corrected chi connectivity index (χ1v) is 7.54. The molecule has 0 aliphatic carbocycles. The summed E-state index contributed by atoms with van der Waals surface area (Å²) in [6, 6.07) is 8.02. The Morgan fingerprint density at radius 3 is 2.61 bits per heavy atom. The van der Waals surface area contributed by atoms with E-state index >= 15 is 0 Å². The number of aliphatic carboxylic acids is 1. The number of rotatable bonds is 7. The molecule has 126 valence electrons. The van der Waals surface area contributed by atoms with Gasteiger partial charge in [0.15, 0.2) is 6.04 Å². The van der Waals surface area contributed by atoms with Crippen LogP contribution in [-0.2, 0) is 25.6 Å². The van der Waals surface area contributed by atoms with Gasteiger partial charge in [0.05, 0.1) is 12.7 Å². The molecular formula is C16H21NO6. The van der Waals surface area contributed by atoms with Gasteiger partial charge < -0.3 is 24.6 Å². The predicted molar refractivity (Wildman–Crippen MR) is 81.0 cm³/mol. The molecule has 0 aromatic heterocycles. The van der Waals surface area contributed by atoms with Gasteiger partial charge in [-0.3, -0.25) is 0 Å². The maximum absolute atomic E-state index is 11.7. The Kier molecular flexibility index (Phi) is 6.83. The highest BCUT2D eigenvalue weighted by atomic mass is 16.6. The van der Waals surface area contributed by atoms with E-state index in [9.17, 15) is 9.59 Å². The topological polar surface area (TPSA) is 94.1 Å². The summed E-state index contributed by atoms with van der Waals surface area (Å²) >= 11 is 0. The smallest absolute Gasteiger partial charge is 0.408 e. The molecule has 1 aliphatic rings. The quantitative estimate of drug-likeness (QED) is 0.791. The van der Waals surface area contributed by atoms with Gasteiger partial charge in [0.1, 0.15) is 6.61 Å². The molecule has 1 heterocycles. The number of benzene rings is 1. The van der Waals surface area contributed by atoms with Crippen LogP contribution in [0.3, 0.4) is 0 Å². The Labute approximate surface area is 134 Å². The summed E-state index contributed by atoms with van der Waals surface area (Å²) in [5.41, 5.74) is 0.827. The molecule has 7 heteroatoms. The van der Waals surface area contributed by atoms with Crippen molar-refractivity contribution in [2.24, 2.45) is 0 Å². The number of carboxylic acid groups (broad SMARTS) is 1. The lowest BCUT2D eigenvalue weighted by Gasteiger charge is -2.24. The minimum atomic E-state index is -1.16. The maximum Gasteiger partial charge on any atom is 0.408 e. The summed E-state index contributed by atoms with van der Waals surface area (Å²) in [6.45, 7) is 1.20. The first-order valence-electron chi connectivity index (χ1n) is 7.54. The Morgan fingerprint density at radius 1 is 1.26 bits per heavy atom. The van der Waals surface area contributed by atoms with Gasteiger partial charge in [-0.05, 0) is 18.4 Å². The first kappa shape index (κ1) is 17.2. The van der Waals surface area contributed by atoms with E-state index in [4.69, 9.17) is 19.3 Å². The third-order valence-corrected chi connectivity index (χ3v) is 3.47. The minimum absolute atomic E-state index is 0.0345. The SMILES string of the molecule is O=C(N[C@@H](COC1CCOCC1)C(=O)O)OCc1ccccc1. The molecule has 0 radical (unpaired) electrons. The Bertz CT molecular complexity index is 501. The number of carbonyl (C=O) groups excluding carboxylic acids is 1. The van der Waals surface area contributed by atoms with E-state index in [1.165, 1.54) is 0 Å². The second-order valence-electron chi connectivity index (χ2n) is 5.24. The molecule has 1 saturated heterocycles. The lowest BCUT2D eigenvalue weighted by atomic mass is 10.1. The molecule has 0 saturated carbocycles. The van der Waals surface area contributed by atoms with Crippen molar-refractivity contribution in [2.75, 3.05) is 19.8 Å². The van der Waals surface area contributed by atoms with Crippen LogP contribution in [-0.4, -0.2) is 49.1 Å². The van der Waals surface area contributed by atoms with Gasteiger partial charge in [0.2, 0.25) is 0 Å². The molecule has 0 unspecified atom stereocenters. The molecule has 1 aromatic rings. The van der Waals surface area contributed by atoms with Crippen molar-refractivity contribution in [1.29, 1.82) is 0 Å². The number of hydrogen-bond acceptors (Lipinski definition) is 5. The normalized spacial score (nSPS) is 16.5. The highest BCUT2D eigenvalue weighted by Gasteiger charge is 2.23. The summed E-state index contributed by atoms with van der Waals surface area (Å²) in [7, 11) is 0. The molecule has 1 aromatic carbocycles. The van der Waals surface area contributed by atoms with Crippen LogP contribution in [0, 0.1) is 0 Å². The van der Waals surface area contributed by atoms with Gasteiger partial charge in [0.25, 0.3) is 0 Å². The maximum atomic E-state index is 11.7. The van der Waals surface area contributed by atoms with E-state index in [-0.39, 0.29) is 19.3 Å². The summed E-state index contributed by atoms with van der Waals surface area (Å²) in [6.07, 6.45) is 0.639. The van der Waals surface area contributed by atoms with Gasteiger partial charge >= 0.3 is 12.1 Å². The van der Waals surface area contributed by atoms with Crippen LogP contribution in [0.5, 0.6) is 0 Å². The minimum Gasteiger partial charge on any atom is -0.480 e. The van der Waals surface area contributed by atoms with Crippen LogP contribution in [0.25, 0.3) is 0 Å². The fraction of sp³-hybridized carbons (Fsp3) is 0.500. The number of hydrogen-bond donors (Lipinski definition) is 2. The van der Waals surface area contributed by atoms with E-state index < -0.39 is 18.1 Å². The highest BCUT2D eigenvalue weighted by molar-refractivity contribution is 5.80. The monoisotopic (exact) mass is 323 g/mol. The molecule has 0 bridgehead atoms. The number of carboxylic acids is 1. The number of nitrogens with one attached hydrogen (secondary N) is 1. The van der Waals surface area contributed by atoms with Gasteiger partial charge in [-0.2, -0.15) is 0 Å². The van der Waals surface area contributed by atoms with Gasteiger partial charge in [-0.25, -0.2) is 9.59 Å². The number of ether oxygens (including phenoxy) is 3. The van der Waals surface area contributed by atoms with Crippen LogP contribution in [0.1, 0.15) is 18.4 Å². The number of carbonyl (C=O) groups is 2. The Hall–Kier alpha value is -2.12. The summed E-state index contributed by atoms with van der Waals surface area (Å²) in [5, 5.41) is 11.5. The van der Waals surface area contributed by atoms with Crippen molar-refractivity contribution in [3.05, 3.63) is 35.9 Å². The third-order valence-electron chi connectivity index (χ3n) is 3.47. The fourth-order valence-corrected chi connectivity index (χ4v) is 2.16. The zero-order valence-electron chi connectivity index (χ0n) is 12.8. The third kappa shape index (κ3) is 6.25. The van der Waals surface area contributed by atoms with Crippen LogP contribution in [0.2, 0.25) is 0 Å². The van der Waals surface area contributed by atoms with E-state index in [2.05, 4.69) is 5.32 Å². The van der Waals surface area contributed by atoms with Crippen molar-refractivity contribution in [3.63, 3.8) is 0 Å². The van der Waals surface area contributed by atoms with Crippen molar-refractivity contribution in [1.82, 2.24) is 5.32 Å². The van der Waals surface area contributed by atoms with E-state index in [1.807, 2.05) is 30.3 Å². The molecule has 23 heavy (non-hydrogen) atoms. The summed E-state index contributed by atoms with van der Waals surface area (Å²) < 4.78 is 15.8. The number of alkyl carbamates (subject to hydrolysis) is 1. The first-order chi connectivity index (χ1) is 11.1. The molecule has 7 nitrogen and oxygen atoms in total. The lowest BCUT2D eigenvalue weighted by Crippen LogP contribution is -2.45. The van der Waals surface area contributed by atoms with Gasteiger partial charge in [-0.1, -0.05) is 30.3 Å². The lowest BCUT2D eigenvalue weighted by molar-refractivity contribution is -0.142. The van der Waals surface area contributed by atoms with Crippen LogP contribution in [0.4, 0.5) is 4.79 Å². The molecule has 1 atom stereocenters. The number of amides is 1. The Morgan fingerprint density at radius 2 is 1.96 bits per heavy atom. The van der Waals surface area contributed by atoms with Crippen molar-refractivity contribution >= 4 is 12.1 Å². The van der Waals surface area contributed by atoms with Crippen molar-refractivity contribution < 1.29 is 28.9 Å². The average Bonchev–Trinajstić information content (AvgIpc) is 2.58. The molecule has 0 spiro atoms. The summed E-state index contributed by atoms with van der Waals surface area (Å²) in [5.74, 6) is -1.16. The van der Waals surface area contributed by atoms with E-state index in [0.717, 1.165) is 18.4 Å². The predicted octanol–water partition coefficient (Wildman–Crippen LogP) is 1.56.